The maximum absolute atomic E-state index is 10.5. The average molecular weight is 275 g/mol. The number of hydrogen-bond donors (Lipinski definition) is 1. The summed E-state index contributed by atoms with van der Waals surface area (Å²) >= 11 is 12.1. The topological polar surface area (TPSA) is 29.5 Å². The molecule has 0 heterocycles. The molecule has 0 aliphatic heterocycles. The quantitative estimate of drug-likeness (QED) is 0.903. The number of aliphatic hydroxyl groups excluding tert-OH is 1. The van der Waals surface area contributed by atoms with E-state index in [0.29, 0.717) is 15.6 Å². The summed E-state index contributed by atoms with van der Waals surface area (Å²) in [6.07, 6.45) is 3.13. The molecular weight excluding hydrogens is 259 g/mol. The van der Waals surface area contributed by atoms with Crippen LogP contribution in [0.15, 0.2) is 18.2 Å². The van der Waals surface area contributed by atoms with Gasteiger partial charge in [0.15, 0.2) is 0 Å². The van der Waals surface area contributed by atoms with Gasteiger partial charge in [0.2, 0.25) is 0 Å². The summed E-state index contributed by atoms with van der Waals surface area (Å²) in [7, 11) is 1.65. The first-order chi connectivity index (χ1) is 8.09. The molecule has 1 atom stereocenters. The molecule has 2 nitrogen and oxygen atoms in total. The van der Waals surface area contributed by atoms with Gasteiger partial charge in [-0.3, -0.25) is 0 Å². The summed E-state index contributed by atoms with van der Waals surface area (Å²) in [4.78, 5) is 0. The molecule has 0 aromatic heterocycles. The zero-order valence-electron chi connectivity index (χ0n) is 9.75. The van der Waals surface area contributed by atoms with Crippen LogP contribution < -0.4 is 0 Å². The molecule has 0 saturated heterocycles. The second-order valence-electron chi connectivity index (χ2n) is 4.54. The van der Waals surface area contributed by atoms with Crippen molar-refractivity contribution in [2.45, 2.75) is 37.4 Å². The lowest BCUT2D eigenvalue weighted by molar-refractivity contribution is -0.100. The highest BCUT2D eigenvalue weighted by atomic mass is 35.5. The molecule has 0 radical (unpaired) electrons. The summed E-state index contributed by atoms with van der Waals surface area (Å²) < 4.78 is 5.56. The van der Waals surface area contributed by atoms with E-state index < -0.39 is 11.7 Å². The fourth-order valence-electron chi connectivity index (χ4n) is 2.57. The highest BCUT2D eigenvalue weighted by Crippen LogP contribution is 2.44. The van der Waals surface area contributed by atoms with Crippen LogP contribution in [0.1, 0.15) is 37.4 Å². The summed E-state index contributed by atoms with van der Waals surface area (Å²) in [5, 5.41) is 11.6. The van der Waals surface area contributed by atoms with Crippen LogP contribution in [0.3, 0.4) is 0 Å². The molecule has 1 aliphatic carbocycles. The van der Waals surface area contributed by atoms with Gasteiger partial charge in [-0.2, -0.15) is 0 Å². The molecule has 94 valence electrons. The molecule has 1 aliphatic rings. The number of halogens is 2. The monoisotopic (exact) mass is 274 g/mol. The van der Waals surface area contributed by atoms with Crippen LogP contribution in [0, 0.1) is 0 Å². The van der Waals surface area contributed by atoms with Crippen molar-refractivity contribution in [3.8, 4) is 0 Å². The highest BCUT2D eigenvalue weighted by molar-refractivity contribution is 6.33. The standard InChI is InChI=1S/C13H16Cl2O2/c1-17-13(6-2-3-7-13)12(16)10-8-9(14)4-5-11(10)15/h4-5,8,12,16H,2-3,6-7H2,1H3. The molecule has 1 fully saturated rings. The summed E-state index contributed by atoms with van der Waals surface area (Å²) in [6.45, 7) is 0. The molecule has 4 heteroatoms. The number of hydrogen-bond acceptors (Lipinski definition) is 2. The van der Waals surface area contributed by atoms with Crippen LogP contribution in [0.4, 0.5) is 0 Å². The van der Waals surface area contributed by atoms with Gasteiger partial charge in [-0.1, -0.05) is 36.0 Å². The molecular formula is C13H16Cl2O2. The number of benzene rings is 1. The second kappa shape index (κ2) is 5.15. The van der Waals surface area contributed by atoms with Crippen molar-refractivity contribution >= 4 is 23.2 Å². The first kappa shape index (κ1) is 13.2. The Labute approximate surface area is 111 Å². The minimum Gasteiger partial charge on any atom is -0.385 e. The lowest BCUT2D eigenvalue weighted by atomic mass is 9.89. The lowest BCUT2D eigenvalue weighted by Crippen LogP contribution is -2.35. The molecule has 1 aromatic carbocycles. The van der Waals surface area contributed by atoms with Crippen molar-refractivity contribution in [2.75, 3.05) is 7.11 Å². The minimum absolute atomic E-state index is 0.506. The number of rotatable bonds is 3. The van der Waals surface area contributed by atoms with E-state index in [1.807, 2.05) is 0 Å². The van der Waals surface area contributed by atoms with E-state index in [0.717, 1.165) is 25.7 Å². The summed E-state index contributed by atoms with van der Waals surface area (Å²) in [5.74, 6) is 0. The van der Waals surface area contributed by atoms with E-state index in [1.165, 1.54) is 0 Å². The predicted molar refractivity (Wildman–Crippen MR) is 69.6 cm³/mol. The molecule has 1 saturated carbocycles. The van der Waals surface area contributed by atoms with Crippen LogP contribution in [0.2, 0.25) is 10.0 Å². The van der Waals surface area contributed by atoms with E-state index in [-0.39, 0.29) is 0 Å². The smallest absolute Gasteiger partial charge is 0.109 e. The first-order valence-corrected chi connectivity index (χ1v) is 6.53. The number of methoxy groups -OCH3 is 1. The third kappa shape index (κ3) is 2.45. The number of aliphatic hydroxyl groups is 1. The molecule has 1 N–H and O–H groups in total. The van der Waals surface area contributed by atoms with Crippen LogP contribution in [-0.4, -0.2) is 17.8 Å². The Balaban J connectivity index is 2.35. The zero-order valence-corrected chi connectivity index (χ0v) is 11.3. The zero-order chi connectivity index (χ0) is 12.5. The molecule has 1 aromatic rings. The fourth-order valence-corrected chi connectivity index (χ4v) is 2.97. The maximum Gasteiger partial charge on any atom is 0.109 e. The van der Waals surface area contributed by atoms with Gasteiger partial charge in [0.05, 0.1) is 5.60 Å². The Morgan fingerprint density at radius 1 is 1.29 bits per heavy atom. The van der Waals surface area contributed by atoms with E-state index in [4.69, 9.17) is 27.9 Å². The van der Waals surface area contributed by atoms with Crippen LogP contribution in [-0.2, 0) is 4.74 Å². The molecule has 1 unspecified atom stereocenters. The van der Waals surface area contributed by atoms with Crippen molar-refractivity contribution < 1.29 is 9.84 Å². The van der Waals surface area contributed by atoms with E-state index >= 15 is 0 Å². The molecule has 0 amide bonds. The number of ether oxygens (including phenoxy) is 1. The third-order valence-corrected chi connectivity index (χ3v) is 4.19. The van der Waals surface area contributed by atoms with Crippen LogP contribution >= 0.6 is 23.2 Å². The summed E-state index contributed by atoms with van der Waals surface area (Å²) in [6, 6.07) is 5.14. The molecule has 0 spiro atoms. The van der Waals surface area contributed by atoms with E-state index in [2.05, 4.69) is 0 Å². The maximum atomic E-state index is 10.5. The van der Waals surface area contributed by atoms with Crippen molar-refractivity contribution in [1.29, 1.82) is 0 Å². The molecule has 2 rings (SSSR count). The normalized spacial score (nSPS) is 20.5. The fraction of sp³-hybridized carbons (Fsp3) is 0.538. The average Bonchev–Trinajstić information content (AvgIpc) is 2.81. The molecule has 17 heavy (non-hydrogen) atoms. The van der Waals surface area contributed by atoms with Crippen molar-refractivity contribution in [1.82, 2.24) is 0 Å². The third-order valence-electron chi connectivity index (χ3n) is 3.61. The Bertz CT molecular complexity index is 400. The van der Waals surface area contributed by atoms with Crippen molar-refractivity contribution in [2.24, 2.45) is 0 Å². The highest BCUT2D eigenvalue weighted by Gasteiger charge is 2.42. The molecule has 0 bridgehead atoms. The predicted octanol–water partition coefficient (Wildman–Crippen LogP) is 3.99. The van der Waals surface area contributed by atoms with Gasteiger partial charge in [-0.25, -0.2) is 0 Å². The van der Waals surface area contributed by atoms with Gasteiger partial charge in [0, 0.05) is 22.7 Å². The van der Waals surface area contributed by atoms with Crippen LogP contribution in [0.5, 0.6) is 0 Å². The minimum atomic E-state index is -0.721. The van der Waals surface area contributed by atoms with Gasteiger partial charge in [0.1, 0.15) is 6.10 Å². The van der Waals surface area contributed by atoms with Crippen molar-refractivity contribution in [3.63, 3.8) is 0 Å². The van der Waals surface area contributed by atoms with Gasteiger partial charge < -0.3 is 9.84 Å². The van der Waals surface area contributed by atoms with Gasteiger partial charge >= 0.3 is 0 Å². The van der Waals surface area contributed by atoms with Gasteiger partial charge in [-0.05, 0) is 31.0 Å². The van der Waals surface area contributed by atoms with E-state index in [1.54, 1.807) is 25.3 Å². The van der Waals surface area contributed by atoms with Crippen LogP contribution in [0.25, 0.3) is 0 Å². The second-order valence-corrected chi connectivity index (χ2v) is 5.39. The Morgan fingerprint density at radius 3 is 2.53 bits per heavy atom. The summed E-state index contributed by atoms with van der Waals surface area (Å²) in [5.41, 5.74) is 0.150. The first-order valence-electron chi connectivity index (χ1n) is 5.77. The van der Waals surface area contributed by atoms with Crippen molar-refractivity contribution in [3.05, 3.63) is 33.8 Å². The SMILES string of the molecule is COC1(C(O)c2cc(Cl)ccc2Cl)CCCC1. The Morgan fingerprint density at radius 2 is 1.94 bits per heavy atom. The Kier molecular flexibility index (Phi) is 3.99. The van der Waals surface area contributed by atoms with Gasteiger partial charge in [-0.15, -0.1) is 0 Å². The Hall–Kier alpha value is -0.280. The largest absolute Gasteiger partial charge is 0.385 e. The lowest BCUT2D eigenvalue weighted by Gasteiger charge is -2.33. The van der Waals surface area contributed by atoms with Gasteiger partial charge in [0.25, 0.3) is 0 Å². The van der Waals surface area contributed by atoms with E-state index in [9.17, 15) is 5.11 Å².